The van der Waals surface area contributed by atoms with Gasteiger partial charge in [0.1, 0.15) is 18.3 Å². The fourth-order valence-corrected chi connectivity index (χ4v) is 1.27. The van der Waals surface area contributed by atoms with Gasteiger partial charge in [-0.2, -0.15) is 0 Å². The Labute approximate surface area is 70.2 Å². The second-order valence-corrected chi connectivity index (χ2v) is 2.95. The molecule has 1 rings (SSSR count). The lowest BCUT2D eigenvalue weighted by Gasteiger charge is -2.37. The largest absolute Gasteiger partial charge is 0.388 e. The van der Waals surface area contributed by atoms with Gasteiger partial charge in [-0.05, 0) is 6.42 Å². The normalized spacial score (nSPS) is 49.2. The number of rotatable bonds is 1. The molecule has 1 saturated heterocycles. The van der Waals surface area contributed by atoms with Crippen LogP contribution in [0.5, 0.6) is 0 Å². The Morgan fingerprint density at radius 2 is 1.58 bits per heavy atom. The van der Waals surface area contributed by atoms with Crippen LogP contribution in [0.2, 0.25) is 0 Å². The zero-order chi connectivity index (χ0) is 9.30. The van der Waals surface area contributed by atoms with Gasteiger partial charge < -0.3 is 25.2 Å². The molecule has 1 aliphatic heterocycles. The third-order valence-corrected chi connectivity index (χ3v) is 2.09. The Hall–Kier alpha value is -0.200. The van der Waals surface area contributed by atoms with Crippen molar-refractivity contribution in [2.24, 2.45) is 0 Å². The van der Waals surface area contributed by atoms with Gasteiger partial charge in [0.05, 0.1) is 6.10 Å². The van der Waals surface area contributed by atoms with Crippen molar-refractivity contribution in [1.29, 1.82) is 0 Å². The van der Waals surface area contributed by atoms with Crippen molar-refractivity contribution in [3.05, 3.63) is 0 Å². The van der Waals surface area contributed by atoms with Crippen molar-refractivity contribution in [1.82, 2.24) is 0 Å². The number of hydrogen-bond donors (Lipinski definition) is 4. The lowest BCUT2D eigenvalue weighted by atomic mass is 9.97. The molecule has 12 heavy (non-hydrogen) atoms. The van der Waals surface area contributed by atoms with E-state index >= 15 is 0 Å². The first-order valence-corrected chi connectivity index (χ1v) is 3.95. The minimum absolute atomic E-state index is 0.474. The topological polar surface area (TPSA) is 90.2 Å². The van der Waals surface area contributed by atoms with Crippen LogP contribution in [0, 0.1) is 0 Å². The van der Waals surface area contributed by atoms with E-state index in [1.807, 2.05) is 0 Å². The first-order chi connectivity index (χ1) is 5.57. The average molecular weight is 178 g/mol. The lowest BCUT2D eigenvalue weighted by molar-refractivity contribution is -0.281. The molecule has 0 aromatic heterocycles. The summed E-state index contributed by atoms with van der Waals surface area (Å²) in [6.07, 6.45) is -5.44. The molecule has 1 unspecified atom stereocenters. The van der Waals surface area contributed by atoms with Gasteiger partial charge in [-0.15, -0.1) is 0 Å². The molecular formula is C7H14O5. The molecule has 0 spiro atoms. The van der Waals surface area contributed by atoms with Crippen molar-refractivity contribution in [3.8, 4) is 0 Å². The van der Waals surface area contributed by atoms with Crippen molar-refractivity contribution >= 4 is 0 Å². The summed E-state index contributed by atoms with van der Waals surface area (Å²) in [6, 6.07) is 0. The number of aliphatic hydroxyl groups is 4. The van der Waals surface area contributed by atoms with Gasteiger partial charge in [0.2, 0.25) is 0 Å². The first-order valence-electron chi connectivity index (χ1n) is 3.95. The molecule has 0 bridgehead atoms. The van der Waals surface area contributed by atoms with E-state index in [1.165, 1.54) is 0 Å². The highest BCUT2D eigenvalue weighted by Gasteiger charge is 2.41. The molecule has 5 nitrogen and oxygen atoms in total. The molecule has 1 aliphatic rings. The van der Waals surface area contributed by atoms with E-state index in [1.54, 1.807) is 6.92 Å². The van der Waals surface area contributed by atoms with Gasteiger partial charge in [-0.1, -0.05) is 6.92 Å². The smallest absolute Gasteiger partial charge is 0.183 e. The molecule has 5 atom stereocenters. The quantitative estimate of drug-likeness (QED) is 0.380. The molecular weight excluding hydrogens is 164 g/mol. The summed E-state index contributed by atoms with van der Waals surface area (Å²) in [4.78, 5) is 0. The van der Waals surface area contributed by atoms with Crippen LogP contribution in [0.4, 0.5) is 0 Å². The summed E-state index contributed by atoms with van der Waals surface area (Å²) in [5.41, 5.74) is 0. The van der Waals surface area contributed by atoms with E-state index in [-0.39, 0.29) is 0 Å². The third-order valence-electron chi connectivity index (χ3n) is 2.09. The molecule has 1 fully saturated rings. The molecule has 5 heteroatoms. The van der Waals surface area contributed by atoms with Crippen LogP contribution in [0.3, 0.4) is 0 Å². The van der Waals surface area contributed by atoms with Crippen LogP contribution < -0.4 is 0 Å². The van der Waals surface area contributed by atoms with Gasteiger partial charge in [0, 0.05) is 0 Å². The maximum absolute atomic E-state index is 9.28. The zero-order valence-corrected chi connectivity index (χ0v) is 6.79. The van der Waals surface area contributed by atoms with Gasteiger partial charge >= 0.3 is 0 Å². The van der Waals surface area contributed by atoms with Crippen LogP contribution in [-0.4, -0.2) is 51.1 Å². The number of ether oxygens (including phenoxy) is 1. The Balaban J connectivity index is 2.63. The fraction of sp³-hybridized carbons (Fsp3) is 1.00. The predicted molar refractivity (Wildman–Crippen MR) is 39.2 cm³/mol. The molecule has 0 saturated carbocycles. The maximum Gasteiger partial charge on any atom is 0.183 e. The molecule has 0 aromatic carbocycles. The highest BCUT2D eigenvalue weighted by molar-refractivity contribution is 4.87. The average Bonchev–Trinajstić information content (AvgIpc) is 2.08. The van der Waals surface area contributed by atoms with Crippen LogP contribution in [0.15, 0.2) is 0 Å². The monoisotopic (exact) mass is 178 g/mol. The van der Waals surface area contributed by atoms with Gasteiger partial charge in [0.25, 0.3) is 0 Å². The molecule has 1 heterocycles. The maximum atomic E-state index is 9.28. The highest BCUT2D eigenvalue weighted by atomic mass is 16.6. The molecule has 0 aliphatic carbocycles. The van der Waals surface area contributed by atoms with Gasteiger partial charge in [-0.25, -0.2) is 0 Å². The Morgan fingerprint density at radius 1 is 1.00 bits per heavy atom. The van der Waals surface area contributed by atoms with E-state index in [0.29, 0.717) is 6.42 Å². The van der Waals surface area contributed by atoms with Crippen molar-refractivity contribution < 1.29 is 25.2 Å². The molecule has 0 amide bonds. The van der Waals surface area contributed by atoms with Crippen LogP contribution in [0.25, 0.3) is 0 Å². The third kappa shape index (κ3) is 1.60. The predicted octanol–water partition coefficient (Wildman–Crippen LogP) is -1.80. The van der Waals surface area contributed by atoms with E-state index in [2.05, 4.69) is 0 Å². The summed E-state index contributed by atoms with van der Waals surface area (Å²) in [5.74, 6) is 0. The Bertz CT molecular complexity index is 146. The highest BCUT2D eigenvalue weighted by Crippen LogP contribution is 2.21. The minimum atomic E-state index is -1.43. The van der Waals surface area contributed by atoms with Crippen molar-refractivity contribution in [2.75, 3.05) is 0 Å². The van der Waals surface area contributed by atoms with Crippen molar-refractivity contribution in [3.63, 3.8) is 0 Å². The van der Waals surface area contributed by atoms with E-state index in [0.717, 1.165) is 0 Å². The molecule has 4 N–H and O–H groups in total. The Kier molecular flexibility index (Phi) is 3.03. The SMILES string of the molecule is CC[C@H]1OC(O)[C@@H](O)[C@H](O)[C@H]1O. The van der Waals surface area contributed by atoms with Crippen LogP contribution in [0.1, 0.15) is 13.3 Å². The van der Waals surface area contributed by atoms with Crippen LogP contribution in [-0.2, 0) is 4.74 Å². The van der Waals surface area contributed by atoms with E-state index in [4.69, 9.17) is 14.9 Å². The zero-order valence-electron chi connectivity index (χ0n) is 6.79. The minimum Gasteiger partial charge on any atom is -0.388 e. The fourth-order valence-electron chi connectivity index (χ4n) is 1.27. The van der Waals surface area contributed by atoms with Crippen molar-refractivity contribution in [2.45, 2.75) is 44.1 Å². The van der Waals surface area contributed by atoms with E-state index in [9.17, 15) is 10.2 Å². The second-order valence-electron chi connectivity index (χ2n) is 2.95. The lowest BCUT2D eigenvalue weighted by Crippen LogP contribution is -2.57. The summed E-state index contributed by atoms with van der Waals surface area (Å²) in [7, 11) is 0. The number of hydrogen-bond acceptors (Lipinski definition) is 5. The summed E-state index contributed by atoms with van der Waals surface area (Å²) in [6.45, 7) is 1.75. The number of aliphatic hydroxyl groups excluding tert-OH is 4. The summed E-state index contributed by atoms with van der Waals surface area (Å²) < 4.78 is 4.83. The van der Waals surface area contributed by atoms with Gasteiger partial charge in [-0.3, -0.25) is 0 Å². The second kappa shape index (κ2) is 3.68. The Morgan fingerprint density at radius 3 is 2.08 bits per heavy atom. The summed E-state index contributed by atoms with van der Waals surface area (Å²) >= 11 is 0. The van der Waals surface area contributed by atoms with Gasteiger partial charge in [0.15, 0.2) is 6.29 Å². The van der Waals surface area contributed by atoms with E-state index < -0.39 is 30.7 Å². The molecule has 72 valence electrons. The summed E-state index contributed by atoms with van der Waals surface area (Å²) in [5, 5.41) is 36.5. The molecule has 0 aromatic rings. The standard InChI is InChI=1S/C7H14O5/c1-2-3-4(8)5(9)6(10)7(11)12-3/h3-11H,2H2,1H3/t3-,4+,5-,6+,7?/m1/s1. The molecule has 0 radical (unpaired) electrons. The first kappa shape index (κ1) is 9.88. The van der Waals surface area contributed by atoms with Crippen LogP contribution >= 0.6 is 0 Å².